The minimum atomic E-state index is -0.669. The number of hydrogen-bond donors (Lipinski definition) is 2. The van der Waals surface area contributed by atoms with Gasteiger partial charge in [0, 0.05) is 29.1 Å². The smallest absolute Gasteiger partial charge is 0.341 e. The lowest BCUT2D eigenvalue weighted by molar-refractivity contribution is -0.0203. The van der Waals surface area contributed by atoms with Gasteiger partial charge < -0.3 is 10.0 Å². The Labute approximate surface area is 163 Å². The molecule has 2 aliphatic rings. The summed E-state index contributed by atoms with van der Waals surface area (Å²) in [4.78, 5) is 19.2. The number of amides is 2. The molecule has 146 valence electrons. The molecule has 1 aromatic carbocycles. The molecular formula is C19H25ClN4O3. The topological polar surface area (TPSA) is 79.6 Å². The van der Waals surface area contributed by atoms with E-state index in [9.17, 15) is 9.90 Å². The van der Waals surface area contributed by atoms with Crippen molar-refractivity contribution in [1.82, 2.24) is 20.2 Å². The number of carbonyl (C=O) groups is 1. The number of halogens is 1. The zero-order chi connectivity index (χ0) is 19.3. The molecule has 2 aromatic rings. The van der Waals surface area contributed by atoms with E-state index in [2.05, 4.69) is 17.5 Å². The maximum atomic E-state index is 12.2. The molecular weight excluding hydrogens is 368 g/mol. The van der Waals surface area contributed by atoms with Crippen LogP contribution in [0.25, 0.3) is 10.9 Å². The number of carbonyl (C=O) groups excluding carboxylic acids is 1. The van der Waals surface area contributed by atoms with Gasteiger partial charge in [0.15, 0.2) is 0 Å². The van der Waals surface area contributed by atoms with E-state index in [0.29, 0.717) is 18.1 Å². The zero-order valence-electron chi connectivity index (χ0n) is 15.8. The number of rotatable bonds is 3. The van der Waals surface area contributed by atoms with Gasteiger partial charge in [0.2, 0.25) is 0 Å². The van der Waals surface area contributed by atoms with E-state index in [1.807, 2.05) is 30.7 Å². The number of aromatic nitrogens is 2. The highest BCUT2D eigenvalue weighted by Gasteiger charge is 2.50. The van der Waals surface area contributed by atoms with Crippen LogP contribution in [0.5, 0.6) is 0 Å². The summed E-state index contributed by atoms with van der Waals surface area (Å²) in [6.07, 6.45) is 2.64. The largest absolute Gasteiger partial charge is 0.386 e. The Kier molecular flexibility index (Phi) is 4.56. The predicted molar refractivity (Wildman–Crippen MR) is 102 cm³/mol. The van der Waals surface area contributed by atoms with Crippen molar-refractivity contribution in [3.8, 4) is 0 Å². The van der Waals surface area contributed by atoms with Crippen molar-refractivity contribution in [3.05, 3.63) is 28.9 Å². The molecule has 0 bridgehead atoms. The van der Waals surface area contributed by atoms with Gasteiger partial charge >= 0.3 is 6.03 Å². The number of benzene rings is 1. The molecule has 8 heteroatoms. The molecule has 27 heavy (non-hydrogen) atoms. The summed E-state index contributed by atoms with van der Waals surface area (Å²) >= 11 is 6.22. The van der Waals surface area contributed by atoms with Crippen molar-refractivity contribution in [2.75, 3.05) is 13.1 Å². The molecule has 2 atom stereocenters. The molecule has 0 spiro atoms. The van der Waals surface area contributed by atoms with E-state index in [4.69, 9.17) is 16.4 Å². The minimum absolute atomic E-state index is 0.0633. The van der Waals surface area contributed by atoms with Gasteiger partial charge in [-0.2, -0.15) is 5.10 Å². The first-order valence-corrected chi connectivity index (χ1v) is 9.76. The summed E-state index contributed by atoms with van der Waals surface area (Å²) in [7, 11) is 0. The summed E-state index contributed by atoms with van der Waals surface area (Å²) in [6, 6.07) is 3.50. The van der Waals surface area contributed by atoms with E-state index in [-0.39, 0.29) is 18.1 Å². The Hall–Kier alpha value is -1.83. The third kappa shape index (κ3) is 2.88. The number of hydrogen-bond acceptors (Lipinski definition) is 4. The van der Waals surface area contributed by atoms with Crippen molar-refractivity contribution in [2.45, 2.75) is 51.4 Å². The first kappa shape index (κ1) is 18.5. The third-order valence-corrected chi connectivity index (χ3v) is 6.17. The van der Waals surface area contributed by atoms with Crippen LogP contribution in [0.1, 0.15) is 45.3 Å². The summed E-state index contributed by atoms with van der Waals surface area (Å²) in [5, 5.41) is 17.3. The SMILES string of the molecule is CC(C)ONC(=O)N1CCC(C2(C)[C@H](O)c3cc(Cl)cc4cnn2c34)CC1. The van der Waals surface area contributed by atoms with Crippen molar-refractivity contribution in [2.24, 2.45) is 5.92 Å². The van der Waals surface area contributed by atoms with Crippen LogP contribution in [0.2, 0.25) is 5.02 Å². The molecule has 1 aromatic heterocycles. The molecule has 7 nitrogen and oxygen atoms in total. The summed E-state index contributed by atoms with van der Waals surface area (Å²) < 4.78 is 1.96. The molecule has 4 rings (SSSR count). The molecule has 2 aliphatic heterocycles. The van der Waals surface area contributed by atoms with Gasteiger partial charge in [0.05, 0.1) is 23.4 Å². The van der Waals surface area contributed by atoms with Crippen molar-refractivity contribution < 1.29 is 14.7 Å². The Morgan fingerprint density at radius 2 is 2.11 bits per heavy atom. The average molecular weight is 393 g/mol. The normalized spacial score (nSPS) is 25.6. The van der Waals surface area contributed by atoms with Crippen LogP contribution in [0.4, 0.5) is 4.79 Å². The highest BCUT2D eigenvalue weighted by Crippen LogP contribution is 2.51. The quantitative estimate of drug-likeness (QED) is 0.786. The number of urea groups is 1. The van der Waals surface area contributed by atoms with Crippen molar-refractivity contribution in [1.29, 1.82) is 0 Å². The lowest BCUT2D eigenvalue weighted by Gasteiger charge is -2.42. The molecule has 2 amide bonds. The van der Waals surface area contributed by atoms with Crippen LogP contribution in [0, 0.1) is 5.92 Å². The van der Waals surface area contributed by atoms with E-state index < -0.39 is 11.6 Å². The van der Waals surface area contributed by atoms with Crippen LogP contribution in [0.15, 0.2) is 18.3 Å². The van der Waals surface area contributed by atoms with Gasteiger partial charge in [-0.05, 0) is 51.7 Å². The van der Waals surface area contributed by atoms with E-state index in [0.717, 1.165) is 29.3 Å². The highest BCUT2D eigenvalue weighted by molar-refractivity contribution is 6.31. The van der Waals surface area contributed by atoms with Gasteiger partial charge in [0.1, 0.15) is 6.10 Å². The second-order valence-corrected chi connectivity index (χ2v) is 8.39. The lowest BCUT2D eigenvalue weighted by Crippen LogP contribution is -2.50. The fraction of sp³-hybridized carbons (Fsp3) is 0.579. The monoisotopic (exact) mass is 392 g/mol. The molecule has 1 unspecified atom stereocenters. The Morgan fingerprint density at radius 1 is 1.41 bits per heavy atom. The van der Waals surface area contributed by atoms with E-state index in [1.165, 1.54) is 0 Å². The average Bonchev–Trinajstić information content (AvgIpc) is 3.16. The van der Waals surface area contributed by atoms with Gasteiger partial charge in [-0.15, -0.1) is 0 Å². The fourth-order valence-electron chi connectivity index (χ4n) is 4.46. The van der Waals surface area contributed by atoms with Gasteiger partial charge in [-0.1, -0.05) is 11.6 Å². The summed E-state index contributed by atoms with van der Waals surface area (Å²) in [5.41, 5.74) is 3.74. The Morgan fingerprint density at radius 3 is 2.78 bits per heavy atom. The van der Waals surface area contributed by atoms with Crippen molar-refractivity contribution >= 4 is 28.5 Å². The molecule has 1 fully saturated rings. The summed E-state index contributed by atoms with van der Waals surface area (Å²) in [6.45, 7) is 7.01. The number of likely N-dealkylation sites (tertiary alicyclic amines) is 1. The lowest BCUT2D eigenvalue weighted by atomic mass is 9.75. The standard InChI is InChI=1S/C19H25ClN4O3/c1-11(2)27-22-18(26)23-6-4-13(5-7-23)19(3)17(25)15-9-14(20)8-12-10-21-24(19)16(12)15/h8-11,13,17,25H,4-7H2,1-3H3,(H,22,26)/t17-,19?/m1/s1. The number of hydroxylamine groups is 1. The van der Waals surface area contributed by atoms with Gasteiger partial charge in [-0.3, -0.25) is 9.52 Å². The summed E-state index contributed by atoms with van der Waals surface area (Å²) in [5.74, 6) is 0.192. The van der Waals surface area contributed by atoms with Crippen LogP contribution < -0.4 is 5.48 Å². The number of aliphatic hydroxyl groups excluding tert-OH is 1. The molecule has 1 saturated heterocycles. The fourth-order valence-corrected chi connectivity index (χ4v) is 4.70. The van der Waals surface area contributed by atoms with Crippen molar-refractivity contribution in [3.63, 3.8) is 0 Å². The first-order valence-electron chi connectivity index (χ1n) is 9.38. The molecule has 0 saturated carbocycles. The first-order chi connectivity index (χ1) is 12.8. The molecule has 3 heterocycles. The maximum Gasteiger partial charge on any atom is 0.341 e. The molecule has 2 N–H and O–H groups in total. The molecule has 0 radical (unpaired) electrons. The number of nitrogens with zero attached hydrogens (tertiary/aromatic N) is 3. The minimum Gasteiger partial charge on any atom is -0.386 e. The second kappa shape index (κ2) is 6.65. The van der Waals surface area contributed by atoms with Gasteiger partial charge in [0.25, 0.3) is 0 Å². The predicted octanol–water partition coefficient (Wildman–Crippen LogP) is 3.21. The maximum absolute atomic E-state index is 12.2. The Bertz CT molecular complexity index is 875. The molecule has 0 aliphatic carbocycles. The highest BCUT2D eigenvalue weighted by atomic mass is 35.5. The van der Waals surface area contributed by atoms with Crippen LogP contribution in [-0.2, 0) is 10.4 Å². The van der Waals surface area contributed by atoms with Gasteiger partial charge in [-0.25, -0.2) is 10.3 Å². The second-order valence-electron chi connectivity index (χ2n) is 7.95. The van der Waals surface area contributed by atoms with E-state index in [1.54, 1.807) is 11.1 Å². The van der Waals surface area contributed by atoms with Crippen LogP contribution in [0.3, 0.4) is 0 Å². The van der Waals surface area contributed by atoms with Crippen LogP contribution in [-0.4, -0.2) is 45.0 Å². The van der Waals surface area contributed by atoms with E-state index >= 15 is 0 Å². The number of piperidine rings is 1. The third-order valence-electron chi connectivity index (χ3n) is 5.95. The number of aliphatic hydroxyl groups is 1. The Balaban J connectivity index is 1.52. The van der Waals surface area contributed by atoms with Crippen LogP contribution >= 0.6 is 11.6 Å². The zero-order valence-corrected chi connectivity index (χ0v) is 16.5. The number of nitrogens with one attached hydrogen (secondary N) is 1.